The Morgan fingerprint density at radius 2 is 2.39 bits per heavy atom. The molecule has 0 amide bonds. The van der Waals surface area contributed by atoms with Crippen LogP contribution in [0.25, 0.3) is 0 Å². The monoisotopic (exact) mass is 249 g/mol. The average Bonchev–Trinajstić information content (AvgIpc) is 2.74. The molecule has 0 aromatic heterocycles. The van der Waals surface area contributed by atoms with Crippen LogP contribution in [-0.4, -0.2) is 24.2 Å². The number of phenolic OH excluding ortho intramolecular Hbond substituents is 1. The predicted octanol–water partition coefficient (Wildman–Crippen LogP) is 1.92. The van der Waals surface area contributed by atoms with E-state index in [1.165, 1.54) is 7.11 Å². The second kappa shape index (κ2) is 5.40. The number of benzene rings is 1. The maximum atomic E-state index is 11.2. The number of aromatic hydroxyl groups is 1. The lowest BCUT2D eigenvalue weighted by atomic mass is 10.1. The minimum Gasteiger partial charge on any atom is -0.508 e. The largest absolute Gasteiger partial charge is 0.508 e. The first-order valence-corrected chi connectivity index (χ1v) is 6.25. The molecule has 2 rings (SSSR count). The van der Waals surface area contributed by atoms with Gasteiger partial charge in [-0.05, 0) is 37.0 Å². The number of fused-ring (bicyclic) bond motifs is 1. The predicted molar refractivity (Wildman–Crippen MR) is 68.4 cm³/mol. The Morgan fingerprint density at radius 3 is 3.11 bits per heavy atom. The first kappa shape index (κ1) is 12.9. The van der Waals surface area contributed by atoms with Crippen molar-refractivity contribution in [3.8, 4) is 5.75 Å². The smallest absolute Gasteiger partial charge is 0.307 e. The molecule has 0 aliphatic heterocycles. The highest BCUT2D eigenvalue weighted by molar-refractivity contribution is 5.69. The zero-order valence-electron chi connectivity index (χ0n) is 10.8. The standard InChI is InChI=1S/C14H19NO3/c1-9(8-14(17)18-2)15-12-7-6-11-10(12)4-3-5-13(11)16/h3-5,9,12,15-16H,6-8H2,1-2H3. The van der Waals surface area contributed by atoms with Crippen molar-refractivity contribution >= 4 is 5.97 Å². The van der Waals surface area contributed by atoms with Crippen molar-refractivity contribution < 1.29 is 14.6 Å². The number of carbonyl (C=O) groups excluding carboxylic acids is 1. The Hall–Kier alpha value is -1.55. The second-order valence-corrected chi connectivity index (χ2v) is 4.78. The van der Waals surface area contributed by atoms with E-state index in [0.29, 0.717) is 12.2 Å². The van der Waals surface area contributed by atoms with Crippen LogP contribution in [0.4, 0.5) is 0 Å². The molecule has 0 heterocycles. The molecule has 2 unspecified atom stereocenters. The SMILES string of the molecule is COC(=O)CC(C)NC1CCc2c(O)cccc21. The summed E-state index contributed by atoms with van der Waals surface area (Å²) in [5, 5.41) is 13.2. The minimum absolute atomic E-state index is 0.0655. The maximum Gasteiger partial charge on any atom is 0.307 e. The quantitative estimate of drug-likeness (QED) is 0.800. The van der Waals surface area contributed by atoms with E-state index >= 15 is 0 Å². The third kappa shape index (κ3) is 2.64. The van der Waals surface area contributed by atoms with E-state index in [0.717, 1.165) is 24.0 Å². The molecule has 4 heteroatoms. The lowest BCUT2D eigenvalue weighted by molar-refractivity contribution is -0.141. The molecule has 98 valence electrons. The Bertz CT molecular complexity index is 445. The van der Waals surface area contributed by atoms with Gasteiger partial charge in [-0.1, -0.05) is 12.1 Å². The normalized spacial score (nSPS) is 19.3. The van der Waals surface area contributed by atoms with Gasteiger partial charge in [-0.2, -0.15) is 0 Å². The highest BCUT2D eigenvalue weighted by Gasteiger charge is 2.25. The summed E-state index contributed by atoms with van der Waals surface area (Å²) >= 11 is 0. The summed E-state index contributed by atoms with van der Waals surface area (Å²) in [6.07, 6.45) is 2.20. The number of nitrogens with one attached hydrogen (secondary N) is 1. The number of methoxy groups -OCH3 is 1. The minimum atomic E-state index is -0.205. The molecular weight excluding hydrogens is 230 g/mol. The molecule has 0 saturated heterocycles. The van der Waals surface area contributed by atoms with E-state index in [9.17, 15) is 9.90 Å². The zero-order chi connectivity index (χ0) is 13.1. The third-order valence-electron chi connectivity index (χ3n) is 3.43. The molecule has 0 saturated carbocycles. The Morgan fingerprint density at radius 1 is 1.61 bits per heavy atom. The molecule has 1 aliphatic carbocycles. The summed E-state index contributed by atoms with van der Waals surface area (Å²) in [5.41, 5.74) is 2.17. The van der Waals surface area contributed by atoms with Gasteiger partial charge in [0.25, 0.3) is 0 Å². The van der Waals surface area contributed by atoms with Gasteiger partial charge in [-0.15, -0.1) is 0 Å². The van der Waals surface area contributed by atoms with Gasteiger partial charge < -0.3 is 15.2 Å². The van der Waals surface area contributed by atoms with Crippen LogP contribution in [-0.2, 0) is 16.0 Å². The lowest BCUT2D eigenvalue weighted by Gasteiger charge is -2.19. The fraction of sp³-hybridized carbons (Fsp3) is 0.500. The van der Waals surface area contributed by atoms with Crippen LogP contribution in [0.2, 0.25) is 0 Å². The van der Waals surface area contributed by atoms with Gasteiger partial charge >= 0.3 is 5.97 Å². The van der Waals surface area contributed by atoms with Crippen molar-refractivity contribution in [2.24, 2.45) is 0 Å². The molecule has 1 aromatic carbocycles. The molecule has 2 N–H and O–H groups in total. The van der Waals surface area contributed by atoms with Crippen molar-refractivity contribution in [3.63, 3.8) is 0 Å². The number of hydrogen-bond donors (Lipinski definition) is 2. The van der Waals surface area contributed by atoms with Crippen LogP contribution >= 0.6 is 0 Å². The number of rotatable bonds is 4. The number of esters is 1. The van der Waals surface area contributed by atoms with Gasteiger partial charge in [0.1, 0.15) is 5.75 Å². The molecule has 2 atom stereocenters. The average molecular weight is 249 g/mol. The summed E-state index contributed by atoms with van der Waals surface area (Å²) in [6.45, 7) is 1.97. The maximum absolute atomic E-state index is 11.2. The number of phenols is 1. The van der Waals surface area contributed by atoms with Gasteiger partial charge in [0.2, 0.25) is 0 Å². The molecule has 1 aromatic rings. The highest BCUT2D eigenvalue weighted by Crippen LogP contribution is 2.36. The summed E-state index contributed by atoms with van der Waals surface area (Å²) in [6, 6.07) is 5.89. The number of carbonyl (C=O) groups is 1. The molecule has 0 radical (unpaired) electrons. The van der Waals surface area contributed by atoms with Gasteiger partial charge in [0.05, 0.1) is 13.5 Å². The molecule has 0 spiro atoms. The summed E-state index contributed by atoms with van der Waals surface area (Å²) in [7, 11) is 1.40. The molecule has 1 aliphatic rings. The summed E-state index contributed by atoms with van der Waals surface area (Å²) in [5.74, 6) is 0.168. The van der Waals surface area contributed by atoms with Gasteiger partial charge in [0, 0.05) is 12.1 Å². The first-order chi connectivity index (χ1) is 8.61. The van der Waals surface area contributed by atoms with Crippen LogP contribution in [0, 0.1) is 0 Å². The van der Waals surface area contributed by atoms with Crippen LogP contribution < -0.4 is 5.32 Å². The molecule has 0 fully saturated rings. The highest BCUT2D eigenvalue weighted by atomic mass is 16.5. The topological polar surface area (TPSA) is 58.6 Å². The summed E-state index contributed by atoms with van der Waals surface area (Å²) in [4.78, 5) is 11.2. The van der Waals surface area contributed by atoms with Crippen LogP contribution in [0.3, 0.4) is 0 Å². The second-order valence-electron chi connectivity index (χ2n) is 4.78. The van der Waals surface area contributed by atoms with E-state index in [1.54, 1.807) is 6.07 Å². The first-order valence-electron chi connectivity index (χ1n) is 6.25. The summed E-state index contributed by atoms with van der Waals surface area (Å²) < 4.78 is 4.65. The van der Waals surface area contributed by atoms with Gasteiger partial charge in [-0.25, -0.2) is 0 Å². The third-order valence-corrected chi connectivity index (χ3v) is 3.43. The van der Waals surface area contributed by atoms with Crippen molar-refractivity contribution in [2.45, 2.75) is 38.3 Å². The fourth-order valence-electron chi connectivity index (χ4n) is 2.54. The van der Waals surface area contributed by atoms with Gasteiger partial charge in [-0.3, -0.25) is 4.79 Å². The molecule has 18 heavy (non-hydrogen) atoms. The molecule has 0 bridgehead atoms. The van der Waals surface area contributed by atoms with Crippen LogP contribution in [0.1, 0.15) is 36.9 Å². The fourth-order valence-corrected chi connectivity index (χ4v) is 2.54. The lowest BCUT2D eigenvalue weighted by Crippen LogP contribution is -2.31. The van der Waals surface area contributed by atoms with Crippen molar-refractivity contribution in [1.29, 1.82) is 0 Å². The molecular formula is C14H19NO3. The van der Waals surface area contributed by atoms with E-state index in [-0.39, 0.29) is 18.1 Å². The van der Waals surface area contributed by atoms with E-state index in [4.69, 9.17) is 0 Å². The van der Waals surface area contributed by atoms with E-state index in [1.807, 2.05) is 19.1 Å². The van der Waals surface area contributed by atoms with Crippen LogP contribution in [0.5, 0.6) is 5.75 Å². The van der Waals surface area contributed by atoms with Crippen molar-refractivity contribution in [3.05, 3.63) is 29.3 Å². The number of hydrogen-bond acceptors (Lipinski definition) is 4. The Labute approximate surface area is 107 Å². The van der Waals surface area contributed by atoms with Crippen LogP contribution in [0.15, 0.2) is 18.2 Å². The van der Waals surface area contributed by atoms with Gasteiger partial charge in [0.15, 0.2) is 0 Å². The zero-order valence-corrected chi connectivity index (χ0v) is 10.8. The van der Waals surface area contributed by atoms with Crippen molar-refractivity contribution in [1.82, 2.24) is 5.32 Å². The van der Waals surface area contributed by atoms with E-state index in [2.05, 4.69) is 10.1 Å². The van der Waals surface area contributed by atoms with E-state index < -0.39 is 0 Å². The Kier molecular flexibility index (Phi) is 3.87. The Balaban J connectivity index is 2.01. The number of ether oxygens (including phenoxy) is 1. The van der Waals surface area contributed by atoms with Crippen molar-refractivity contribution in [2.75, 3.05) is 7.11 Å². The molecule has 4 nitrogen and oxygen atoms in total.